The SMILES string of the molecule is CCCCN(CC)c1nc(Cl)nc(N(CC)CC)n1. The number of hydrogen-bond acceptors (Lipinski definition) is 5. The molecule has 0 radical (unpaired) electrons. The lowest BCUT2D eigenvalue weighted by Crippen LogP contribution is -2.29. The van der Waals surface area contributed by atoms with Crippen LogP contribution in [-0.2, 0) is 0 Å². The van der Waals surface area contributed by atoms with Crippen LogP contribution in [0.5, 0.6) is 0 Å². The zero-order valence-corrected chi connectivity index (χ0v) is 13.1. The molecule has 108 valence electrons. The molecule has 0 aliphatic heterocycles. The van der Waals surface area contributed by atoms with Crippen LogP contribution < -0.4 is 9.80 Å². The molecule has 0 atom stereocenters. The predicted molar refractivity (Wildman–Crippen MR) is 81.2 cm³/mol. The van der Waals surface area contributed by atoms with Crippen LogP contribution in [0.25, 0.3) is 0 Å². The van der Waals surface area contributed by atoms with Crippen LogP contribution in [0.15, 0.2) is 0 Å². The number of unbranched alkanes of at least 4 members (excludes halogenated alkanes) is 1. The highest BCUT2D eigenvalue weighted by Crippen LogP contribution is 2.17. The summed E-state index contributed by atoms with van der Waals surface area (Å²) in [5, 5.41) is 0.266. The van der Waals surface area contributed by atoms with Crippen molar-refractivity contribution in [1.29, 1.82) is 0 Å². The predicted octanol–water partition coefficient (Wildman–Crippen LogP) is 3.00. The Kier molecular flexibility index (Phi) is 6.84. The average molecular weight is 286 g/mol. The van der Waals surface area contributed by atoms with Crippen molar-refractivity contribution in [1.82, 2.24) is 15.0 Å². The molecule has 5 nitrogen and oxygen atoms in total. The van der Waals surface area contributed by atoms with E-state index < -0.39 is 0 Å². The van der Waals surface area contributed by atoms with Crippen LogP contribution in [0.4, 0.5) is 11.9 Å². The molecule has 1 rings (SSSR count). The minimum absolute atomic E-state index is 0.266. The second-order valence-corrected chi connectivity index (χ2v) is 4.65. The molecule has 0 saturated carbocycles. The van der Waals surface area contributed by atoms with Crippen molar-refractivity contribution in [3.63, 3.8) is 0 Å². The summed E-state index contributed by atoms with van der Waals surface area (Å²) < 4.78 is 0. The number of nitrogens with zero attached hydrogens (tertiary/aromatic N) is 5. The molecule has 6 heteroatoms. The zero-order chi connectivity index (χ0) is 14.3. The van der Waals surface area contributed by atoms with Crippen molar-refractivity contribution in [2.24, 2.45) is 0 Å². The highest BCUT2D eigenvalue weighted by atomic mass is 35.5. The van der Waals surface area contributed by atoms with Gasteiger partial charge in [0, 0.05) is 26.2 Å². The van der Waals surface area contributed by atoms with Crippen molar-refractivity contribution in [2.75, 3.05) is 36.0 Å². The van der Waals surface area contributed by atoms with E-state index in [0.717, 1.165) is 39.0 Å². The molecule has 0 spiro atoms. The monoisotopic (exact) mass is 285 g/mol. The van der Waals surface area contributed by atoms with Gasteiger partial charge in [0.25, 0.3) is 0 Å². The lowest BCUT2D eigenvalue weighted by molar-refractivity contribution is 0.706. The Morgan fingerprint density at radius 1 is 0.842 bits per heavy atom. The van der Waals surface area contributed by atoms with Gasteiger partial charge in [-0.25, -0.2) is 0 Å². The largest absolute Gasteiger partial charge is 0.341 e. The fourth-order valence-electron chi connectivity index (χ4n) is 1.87. The summed E-state index contributed by atoms with van der Waals surface area (Å²) in [5.41, 5.74) is 0. The molecule has 1 aromatic rings. The van der Waals surface area contributed by atoms with Gasteiger partial charge >= 0.3 is 0 Å². The molecular formula is C13H24ClN5. The van der Waals surface area contributed by atoms with Gasteiger partial charge < -0.3 is 9.80 Å². The number of halogens is 1. The smallest absolute Gasteiger partial charge is 0.231 e. The van der Waals surface area contributed by atoms with Gasteiger partial charge in [-0.05, 0) is 38.8 Å². The summed E-state index contributed by atoms with van der Waals surface area (Å²) in [6, 6.07) is 0. The minimum atomic E-state index is 0.266. The number of anilines is 2. The van der Waals surface area contributed by atoms with E-state index in [9.17, 15) is 0 Å². The Balaban J connectivity index is 2.99. The van der Waals surface area contributed by atoms with Gasteiger partial charge in [0.05, 0.1) is 0 Å². The molecule has 0 N–H and O–H groups in total. The third-order valence-electron chi connectivity index (χ3n) is 3.08. The maximum absolute atomic E-state index is 6.03. The summed E-state index contributed by atoms with van der Waals surface area (Å²) >= 11 is 6.03. The van der Waals surface area contributed by atoms with E-state index in [1.807, 2.05) is 0 Å². The Bertz CT molecular complexity index is 381. The topological polar surface area (TPSA) is 45.2 Å². The van der Waals surface area contributed by atoms with Crippen molar-refractivity contribution in [3.8, 4) is 0 Å². The first kappa shape index (κ1) is 16.0. The first-order valence-corrected chi connectivity index (χ1v) is 7.45. The molecule has 19 heavy (non-hydrogen) atoms. The third-order valence-corrected chi connectivity index (χ3v) is 3.25. The maximum Gasteiger partial charge on any atom is 0.231 e. The Morgan fingerprint density at radius 2 is 1.37 bits per heavy atom. The fraction of sp³-hybridized carbons (Fsp3) is 0.769. The summed E-state index contributed by atoms with van der Waals surface area (Å²) in [5.74, 6) is 1.34. The van der Waals surface area contributed by atoms with Gasteiger partial charge in [0.15, 0.2) is 0 Å². The molecule has 1 heterocycles. The molecule has 0 aliphatic carbocycles. The molecule has 0 unspecified atom stereocenters. The molecule has 0 amide bonds. The Hall–Kier alpha value is -1.10. The zero-order valence-electron chi connectivity index (χ0n) is 12.4. The number of aromatic nitrogens is 3. The van der Waals surface area contributed by atoms with Crippen molar-refractivity contribution in [2.45, 2.75) is 40.5 Å². The second-order valence-electron chi connectivity index (χ2n) is 4.31. The molecule has 0 aliphatic rings. The lowest BCUT2D eigenvalue weighted by Gasteiger charge is -2.23. The second kappa shape index (κ2) is 8.15. The summed E-state index contributed by atoms with van der Waals surface area (Å²) in [7, 11) is 0. The minimum Gasteiger partial charge on any atom is -0.341 e. The summed E-state index contributed by atoms with van der Waals surface area (Å²) in [4.78, 5) is 17.2. The van der Waals surface area contributed by atoms with E-state index in [-0.39, 0.29) is 5.28 Å². The fourth-order valence-corrected chi connectivity index (χ4v) is 2.02. The van der Waals surface area contributed by atoms with Crippen LogP contribution in [0.1, 0.15) is 40.5 Å². The van der Waals surface area contributed by atoms with E-state index in [2.05, 4.69) is 52.4 Å². The number of hydrogen-bond donors (Lipinski definition) is 0. The Labute approximate surface area is 121 Å². The lowest BCUT2D eigenvalue weighted by atomic mass is 10.3. The molecule has 0 aromatic carbocycles. The summed E-state index contributed by atoms with van der Waals surface area (Å²) in [6.45, 7) is 12.0. The van der Waals surface area contributed by atoms with Gasteiger partial charge in [-0.15, -0.1) is 0 Å². The van der Waals surface area contributed by atoms with Crippen molar-refractivity contribution >= 4 is 23.5 Å². The van der Waals surface area contributed by atoms with E-state index in [0.29, 0.717) is 11.9 Å². The maximum atomic E-state index is 6.03. The quantitative estimate of drug-likeness (QED) is 0.735. The van der Waals surface area contributed by atoms with Gasteiger partial charge in [0.2, 0.25) is 17.2 Å². The molecular weight excluding hydrogens is 262 g/mol. The normalized spacial score (nSPS) is 10.6. The van der Waals surface area contributed by atoms with Gasteiger partial charge in [0.1, 0.15) is 0 Å². The molecule has 1 aromatic heterocycles. The van der Waals surface area contributed by atoms with Crippen molar-refractivity contribution in [3.05, 3.63) is 5.28 Å². The van der Waals surface area contributed by atoms with Crippen LogP contribution in [0.2, 0.25) is 5.28 Å². The Morgan fingerprint density at radius 3 is 1.84 bits per heavy atom. The van der Waals surface area contributed by atoms with Gasteiger partial charge in [-0.3, -0.25) is 0 Å². The van der Waals surface area contributed by atoms with Gasteiger partial charge in [-0.2, -0.15) is 15.0 Å². The average Bonchev–Trinajstić information content (AvgIpc) is 2.40. The van der Waals surface area contributed by atoms with E-state index in [1.54, 1.807) is 0 Å². The first-order chi connectivity index (χ1) is 9.15. The van der Waals surface area contributed by atoms with Gasteiger partial charge in [-0.1, -0.05) is 13.3 Å². The van der Waals surface area contributed by atoms with Crippen molar-refractivity contribution < 1.29 is 0 Å². The van der Waals surface area contributed by atoms with Crippen LogP contribution in [0, 0.1) is 0 Å². The highest BCUT2D eigenvalue weighted by Gasteiger charge is 2.13. The third kappa shape index (κ3) is 4.49. The standard InChI is InChI=1S/C13H24ClN5/c1-5-9-10-19(8-4)13-16-11(14)15-12(17-13)18(6-2)7-3/h5-10H2,1-4H3. The number of rotatable bonds is 8. The molecule has 0 bridgehead atoms. The summed E-state index contributed by atoms with van der Waals surface area (Å²) in [6.07, 6.45) is 2.27. The van der Waals surface area contributed by atoms with Crippen LogP contribution in [0.3, 0.4) is 0 Å². The molecule has 0 fully saturated rings. The van der Waals surface area contributed by atoms with E-state index >= 15 is 0 Å². The van der Waals surface area contributed by atoms with E-state index in [4.69, 9.17) is 11.6 Å². The van der Waals surface area contributed by atoms with Crippen LogP contribution in [-0.4, -0.2) is 41.1 Å². The van der Waals surface area contributed by atoms with E-state index in [1.165, 1.54) is 0 Å². The highest BCUT2D eigenvalue weighted by molar-refractivity contribution is 6.28. The molecule has 0 saturated heterocycles. The first-order valence-electron chi connectivity index (χ1n) is 7.07. The van der Waals surface area contributed by atoms with Crippen LogP contribution >= 0.6 is 11.6 Å².